The molecule has 6 heterocycles. The van der Waals surface area contributed by atoms with Crippen LogP contribution < -0.4 is 16.0 Å². The van der Waals surface area contributed by atoms with Crippen LogP contribution in [0.1, 0.15) is 20.8 Å². The Balaban J connectivity index is 1.30. The first kappa shape index (κ1) is 62.5. The second-order valence-corrected chi connectivity index (χ2v) is 19.0. The van der Waals surface area contributed by atoms with E-state index in [0.29, 0.717) is 0 Å². The van der Waals surface area contributed by atoms with E-state index in [-0.39, 0.29) is 0 Å². The van der Waals surface area contributed by atoms with Crippen LogP contribution in [0.5, 0.6) is 0 Å². The zero-order valence-electron chi connectivity index (χ0n) is 40.9. The second-order valence-electron chi connectivity index (χ2n) is 19.0. The number of hydrogen-bond donors (Lipinski definition) is 20. The van der Waals surface area contributed by atoms with Crippen molar-refractivity contribution >= 4 is 17.7 Å². The number of rotatable bonds is 19. The maximum absolute atomic E-state index is 12.6. The Kier molecular flexibility index (Phi) is 22.3. The molecule has 6 saturated heterocycles. The number of ether oxygens (including phenoxy) is 11. The zero-order chi connectivity index (χ0) is 56.2. The summed E-state index contributed by atoms with van der Waals surface area (Å²) in [5, 5.41) is 190. The molecule has 6 rings (SSSR count). The third kappa shape index (κ3) is 13.7. The normalized spacial score (nSPS) is 48.2. The highest BCUT2D eigenvalue weighted by Gasteiger charge is 2.57. The maximum Gasteiger partial charge on any atom is 0.217 e. The summed E-state index contributed by atoms with van der Waals surface area (Å²) in [7, 11) is 0. The van der Waals surface area contributed by atoms with E-state index in [2.05, 4.69) is 16.0 Å². The van der Waals surface area contributed by atoms with E-state index in [9.17, 15) is 101 Å². The minimum atomic E-state index is -2.29. The van der Waals surface area contributed by atoms with Crippen LogP contribution in [-0.4, -0.2) is 328 Å². The molecule has 30 atom stereocenters. The fraction of sp³-hybridized carbons (Fsp3) is 0.929. The Morgan fingerprint density at radius 2 is 0.711 bits per heavy atom. The molecule has 0 saturated carbocycles. The molecule has 1 unspecified atom stereocenters. The molecule has 6 aliphatic heterocycles. The van der Waals surface area contributed by atoms with Gasteiger partial charge in [0, 0.05) is 20.8 Å². The van der Waals surface area contributed by atoms with Gasteiger partial charge in [0.05, 0.1) is 39.6 Å². The molecule has 6 aliphatic rings. The average Bonchev–Trinajstić information content (AvgIpc) is 3.37. The number of carbonyl (C=O) groups excluding carboxylic acids is 3. The van der Waals surface area contributed by atoms with Gasteiger partial charge in [0.1, 0.15) is 146 Å². The fourth-order valence-corrected chi connectivity index (χ4v) is 9.60. The summed E-state index contributed by atoms with van der Waals surface area (Å²) >= 11 is 0. The fourth-order valence-electron chi connectivity index (χ4n) is 9.60. The number of nitrogens with one attached hydrogen (secondary N) is 3. The average molecular weight is 1110 g/mol. The summed E-state index contributed by atoms with van der Waals surface area (Å²) in [6.07, 6.45) is -51.6. The van der Waals surface area contributed by atoms with Crippen molar-refractivity contribution in [1.82, 2.24) is 16.0 Å². The van der Waals surface area contributed by atoms with Crippen molar-refractivity contribution in [2.45, 2.75) is 205 Å². The Morgan fingerprint density at radius 1 is 0.342 bits per heavy atom. The van der Waals surface area contributed by atoms with Gasteiger partial charge in [-0.1, -0.05) is 0 Å². The zero-order valence-corrected chi connectivity index (χ0v) is 40.9. The lowest BCUT2D eigenvalue weighted by Gasteiger charge is -2.50. The van der Waals surface area contributed by atoms with Gasteiger partial charge in [-0.3, -0.25) is 14.4 Å². The van der Waals surface area contributed by atoms with Gasteiger partial charge in [-0.05, 0) is 0 Å². The molecule has 440 valence electrons. The van der Waals surface area contributed by atoms with Gasteiger partial charge < -0.3 is 155 Å². The molecule has 34 heteroatoms. The van der Waals surface area contributed by atoms with Crippen LogP contribution in [0.2, 0.25) is 0 Å². The van der Waals surface area contributed by atoms with E-state index in [1.165, 1.54) is 0 Å². The van der Waals surface area contributed by atoms with Gasteiger partial charge in [0.25, 0.3) is 0 Å². The molecule has 0 spiro atoms. The summed E-state index contributed by atoms with van der Waals surface area (Å²) in [6.45, 7) is -2.65. The molecule has 0 aliphatic carbocycles. The third-order valence-corrected chi connectivity index (χ3v) is 13.6. The Morgan fingerprint density at radius 3 is 1.24 bits per heavy atom. The Labute approximate surface area is 431 Å². The van der Waals surface area contributed by atoms with Crippen molar-refractivity contribution in [3.05, 3.63) is 0 Å². The number of aliphatic hydroxyl groups is 17. The highest BCUT2D eigenvalue weighted by atomic mass is 16.8. The molecule has 76 heavy (non-hydrogen) atoms. The monoisotopic (exact) mass is 1110 g/mol. The predicted molar refractivity (Wildman–Crippen MR) is 234 cm³/mol. The van der Waals surface area contributed by atoms with E-state index in [0.717, 1.165) is 20.8 Å². The predicted octanol–water partition coefficient (Wildman–Crippen LogP) is -13.7. The molecule has 0 bridgehead atoms. The molecule has 0 aromatic heterocycles. The van der Waals surface area contributed by atoms with Crippen LogP contribution >= 0.6 is 0 Å². The molecule has 6 fully saturated rings. The van der Waals surface area contributed by atoms with E-state index < -0.39 is 241 Å². The van der Waals surface area contributed by atoms with Crippen molar-refractivity contribution < 1.29 is 153 Å². The molecule has 3 amide bonds. The maximum atomic E-state index is 12.6. The van der Waals surface area contributed by atoms with E-state index in [4.69, 9.17) is 52.1 Å². The van der Waals surface area contributed by atoms with Gasteiger partial charge in [-0.15, -0.1) is 0 Å². The van der Waals surface area contributed by atoms with Crippen molar-refractivity contribution in [2.75, 3.05) is 39.6 Å². The molecule has 0 radical (unpaired) electrons. The van der Waals surface area contributed by atoms with Crippen molar-refractivity contribution in [1.29, 1.82) is 0 Å². The SMILES string of the molecule is CC(=O)N[C@H]1[C@H](O[C@H]2[C@H](O)[C@@H](NC(C)=O)C(O)O[C@@H]2CO)O[C@H](CO)[C@@H](O[C@@H]2O[C@H](CO[C@H]3O[C@H](CO)[C@@H](O)[C@H](O)[C@@H]3O[C@@H]3O[C@H](CO)[C@@H](O)[C@H](O)[C@H]3NC(C)=O)[C@@H](O)[C@H](O[C@H]3O[C@H](CO)[C@@H](O)[C@H](O)[C@@H]3O)[C@@H]2O)[C@@H]1O. The molecule has 20 N–H and O–H groups in total. The largest absolute Gasteiger partial charge is 0.394 e. The summed E-state index contributed by atoms with van der Waals surface area (Å²) in [5.74, 6) is -2.33. The summed E-state index contributed by atoms with van der Waals surface area (Å²) in [5.41, 5.74) is 0. The quantitative estimate of drug-likeness (QED) is 0.0571. The molecule has 34 nitrogen and oxygen atoms in total. The summed E-state index contributed by atoms with van der Waals surface area (Å²) in [6, 6.07) is -4.92. The first-order valence-electron chi connectivity index (χ1n) is 24.1. The van der Waals surface area contributed by atoms with Gasteiger partial charge in [-0.25, -0.2) is 0 Å². The smallest absolute Gasteiger partial charge is 0.217 e. The van der Waals surface area contributed by atoms with Crippen molar-refractivity contribution in [2.24, 2.45) is 0 Å². The van der Waals surface area contributed by atoms with Crippen molar-refractivity contribution in [3.8, 4) is 0 Å². The number of hydrogen-bond acceptors (Lipinski definition) is 31. The highest BCUT2D eigenvalue weighted by molar-refractivity contribution is 5.74. The first-order chi connectivity index (χ1) is 35.9. The van der Waals surface area contributed by atoms with Crippen molar-refractivity contribution in [3.63, 3.8) is 0 Å². The molecular weight excluding hydrogens is 1040 g/mol. The third-order valence-electron chi connectivity index (χ3n) is 13.6. The molecule has 0 aromatic rings. The van der Waals surface area contributed by atoms with Gasteiger partial charge in [-0.2, -0.15) is 0 Å². The highest BCUT2D eigenvalue weighted by Crippen LogP contribution is 2.36. The van der Waals surface area contributed by atoms with E-state index in [1.807, 2.05) is 0 Å². The minimum Gasteiger partial charge on any atom is -0.394 e. The summed E-state index contributed by atoms with van der Waals surface area (Å²) < 4.78 is 63.6. The Hall–Kier alpha value is -2.71. The lowest BCUT2D eigenvalue weighted by atomic mass is 9.94. The second kappa shape index (κ2) is 27.2. The standard InChI is InChI=1S/C42H71N3O31/c1-10(51)43-19-27(59)33(16(7-49)67-37(19)65)73-39-21(45-12(3)53)28(60)34(17(8-50)71-39)74-41-32(64)35(75-40-31(63)29(61)23(55)14(5-47)69-40)25(57)18(72-41)9-66-42-36(30(62)24(56)15(6-48)70-42)76-38-20(44-11(2)52)26(58)22(54)13(4-46)68-38/h13-42,46-50,54-65H,4-9H2,1-3H3,(H,43,51)(H,44,52)(H,45,53)/t13-,14-,15-,16-,17-,18-,19-,20-,21-,22-,23-,24-,25-,26-,27-,28-,29+,30+,31+,32+,33-,34-,35+,36+,37?,38+,39+,40-,41+,42+/m1/s1. The summed E-state index contributed by atoms with van der Waals surface area (Å²) in [4.78, 5) is 36.7. The molecule has 0 aromatic carbocycles. The van der Waals surface area contributed by atoms with Gasteiger partial charge >= 0.3 is 0 Å². The lowest BCUT2D eigenvalue weighted by Crippen LogP contribution is -2.70. The van der Waals surface area contributed by atoms with E-state index in [1.54, 1.807) is 0 Å². The van der Waals surface area contributed by atoms with E-state index >= 15 is 0 Å². The molecular formula is C42H71N3O31. The van der Waals surface area contributed by atoms with Crippen LogP contribution in [0.15, 0.2) is 0 Å². The van der Waals surface area contributed by atoms with Crippen LogP contribution in [0.25, 0.3) is 0 Å². The van der Waals surface area contributed by atoms with Crippen LogP contribution in [0.4, 0.5) is 0 Å². The number of amides is 3. The topological polar surface area (TPSA) is 533 Å². The van der Waals surface area contributed by atoms with Crippen LogP contribution in [0, 0.1) is 0 Å². The number of carbonyl (C=O) groups is 3. The Bertz CT molecular complexity index is 1870. The minimum absolute atomic E-state index is 0.721. The van der Waals surface area contributed by atoms with Crippen LogP contribution in [0.3, 0.4) is 0 Å². The van der Waals surface area contributed by atoms with Crippen LogP contribution in [-0.2, 0) is 66.5 Å². The van der Waals surface area contributed by atoms with Gasteiger partial charge in [0.15, 0.2) is 37.7 Å². The first-order valence-corrected chi connectivity index (χ1v) is 24.1. The number of aliphatic hydroxyl groups excluding tert-OH is 17. The lowest BCUT2D eigenvalue weighted by molar-refractivity contribution is -0.387. The van der Waals surface area contributed by atoms with Gasteiger partial charge in [0.2, 0.25) is 17.7 Å².